The van der Waals surface area contributed by atoms with E-state index in [1.54, 1.807) is 6.42 Å². The minimum Gasteiger partial charge on any atom is -0.326 e. The lowest BCUT2D eigenvalue weighted by Gasteiger charge is -2.25. The van der Waals surface area contributed by atoms with E-state index in [1.807, 2.05) is 19.1 Å². The van der Waals surface area contributed by atoms with Crippen LogP contribution in [0.4, 0.5) is 8.78 Å². The molecule has 7 heteroatoms. The summed E-state index contributed by atoms with van der Waals surface area (Å²) in [6.45, 7) is 4.96. The molecule has 0 aliphatic rings. The summed E-state index contributed by atoms with van der Waals surface area (Å²) in [6, 6.07) is 10.1. The molecule has 2 unspecified atom stereocenters. The van der Waals surface area contributed by atoms with Crippen molar-refractivity contribution in [1.82, 2.24) is 5.32 Å². The molecular weight excluding hydrogens is 406 g/mol. The number of sulfone groups is 1. The average molecular weight is 438 g/mol. The van der Waals surface area contributed by atoms with Crippen molar-refractivity contribution < 1.29 is 17.2 Å². The maximum atomic E-state index is 13.7. The van der Waals surface area contributed by atoms with Crippen LogP contribution in [0.1, 0.15) is 48.6 Å². The Morgan fingerprint density at radius 1 is 1.07 bits per heavy atom. The highest BCUT2D eigenvalue weighted by molar-refractivity contribution is 7.91. The van der Waals surface area contributed by atoms with Gasteiger partial charge in [0.2, 0.25) is 0 Å². The molecule has 1 radical (unpaired) electrons. The summed E-state index contributed by atoms with van der Waals surface area (Å²) >= 11 is 0. The van der Waals surface area contributed by atoms with E-state index in [0.29, 0.717) is 25.9 Å². The second-order valence-corrected chi connectivity index (χ2v) is 9.70. The Morgan fingerprint density at radius 2 is 1.73 bits per heavy atom. The lowest BCUT2D eigenvalue weighted by atomic mass is 10.0. The maximum Gasteiger partial charge on any atom is 0.158 e. The number of hydrogen-bond acceptors (Lipinski definition) is 4. The van der Waals surface area contributed by atoms with Crippen molar-refractivity contribution in [3.05, 3.63) is 77.2 Å². The van der Waals surface area contributed by atoms with Gasteiger partial charge in [0, 0.05) is 25.2 Å². The Balaban J connectivity index is 2.09. The zero-order valence-electron chi connectivity index (χ0n) is 17.6. The third-order valence-corrected chi connectivity index (χ3v) is 7.21. The van der Waals surface area contributed by atoms with Crippen molar-refractivity contribution in [3.63, 3.8) is 0 Å². The predicted octanol–water partition coefficient (Wildman–Crippen LogP) is 4.10. The monoisotopic (exact) mass is 437 g/mol. The average Bonchev–Trinajstić information content (AvgIpc) is 2.69. The molecule has 0 aromatic heterocycles. The molecule has 0 saturated heterocycles. The molecule has 0 aliphatic carbocycles. The standard InChI is InChI=1S/C23H31F2N2O2S/c1-3-5-11-30(28,29)23(19-13-20(24)15-21(25)14-19)22(26)9-10-27-16-18-8-6-7-17(4-2)12-18/h6-9,12-15,22-23,27H,3-5,10-11,16,26H2,1-2H3. The maximum absolute atomic E-state index is 13.7. The van der Waals surface area contributed by atoms with Crippen LogP contribution in [0.2, 0.25) is 0 Å². The van der Waals surface area contributed by atoms with E-state index in [1.165, 1.54) is 5.56 Å². The molecule has 4 nitrogen and oxygen atoms in total. The van der Waals surface area contributed by atoms with Crippen molar-refractivity contribution in [2.45, 2.75) is 50.9 Å². The molecule has 2 atom stereocenters. The number of aryl methyl sites for hydroxylation is 1. The first-order valence-corrected chi connectivity index (χ1v) is 12.0. The predicted molar refractivity (Wildman–Crippen MR) is 118 cm³/mol. The quantitative estimate of drug-likeness (QED) is 0.490. The number of hydrogen-bond donors (Lipinski definition) is 2. The summed E-state index contributed by atoms with van der Waals surface area (Å²) in [7, 11) is -3.69. The molecule has 3 N–H and O–H groups in total. The molecular formula is C23H31F2N2O2S. The van der Waals surface area contributed by atoms with Gasteiger partial charge < -0.3 is 11.1 Å². The second-order valence-electron chi connectivity index (χ2n) is 7.46. The number of halogens is 2. The molecule has 165 valence electrons. The smallest absolute Gasteiger partial charge is 0.158 e. The van der Waals surface area contributed by atoms with Crippen LogP contribution >= 0.6 is 0 Å². The van der Waals surface area contributed by atoms with E-state index < -0.39 is 32.8 Å². The lowest BCUT2D eigenvalue weighted by molar-refractivity contribution is 0.551. The highest BCUT2D eigenvalue weighted by Gasteiger charge is 2.33. The summed E-state index contributed by atoms with van der Waals surface area (Å²) in [5, 5.41) is 2.03. The fourth-order valence-electron chi connectivity index (χ4n) is 3.40. The van der Waals surface area contributed by atoms with Crippen molar-refractivity contribution in [2.24, 2.45) is 5.73 Å². The van der Waals surface area contributed by atoms with Gasteiger partial charge in [0.1, 0.15) is 16.9 Å². The molecule has 30 heavy (non-hydrogen) atoms. The number of unbranched alkanes of at least 4 members (excludes halogenated alkanes) is 1. The molecule has 0 aliphatic heterocycles. The van der Waals surface area contributed by atoms with E-state index in [4.69, 9.17) is 5.73 Å². The number of nitrogens with one attached hydrogen (secondary N) is 1. The molecule has 0 spiro atoms. The van der Waals surface area contributed by atoms with Crippen LogP contribution in [-0.4, -0.2) is 26.8 Å². The zero-order valence-corrected chi connectivity index (χ0v) is 18.4. The summed E-state index contributed by atoms with van der Waals surface area (Å²) in [5.41, 5.74) is 8.62. The largest absolute Gasteiger partial charge is 0.326 e. The number of rotatable bonds is 12. The summed E-state index contributed by atoms with van der Waals surface area (Å²) < 4.78 is 53.3. The van der Waals surface area contributed by atoms with Crippen LogP contribution in [0.3, 0.4) is 0 Å². The Morgan fingerprint density at radius 3 is 2.37 bits per heavy atom. The molecule has 0 amide bonds. The van der Waals surface area contributed by atoms with Crippen LogP contribution in [-0.2, 0) is 22.8 Å². The highest BCUT2D eigenvalue weighted by atomic mass is 32.2. The summed E-state index contributed by atoms with van der Waals surface area (Å²) in [5.74, 6) is -1.71. The van der Waals surface area contributed by atoms with E-state index in [0.717, 1.165) is 30.2 Å². The fourth-order valence-corrected chi connectivity index (χ4v) is 5.49. The van der Waals surface area contributed by atoms with Crippen molar-refractivity contribution in [1.29, 1.82) is 0 Å². The van der Waals surface area contributed by atoms with Gasteiger partial charge in [-0.2, -0.15) is 0 Å². The molecule has 0 heterocycles. The Kier molecular flexibility index (Phi) is 9.39. The van der Waals surface area contributed by atoms with E-state index >= 15 is 0 Å². The van der Waals surface area contributed by atoms with Crippen molar-refractivity contribution in [3.8, 4) is 0 Å². The van der Waals surface area contributed by atoms with Gasteiger partial charge in [0.25, 0.3) is 0 Å². The third-order valence-electron chi connectivity index (χ3n) is 5.00. The van der Waals surface area contributed by atoms with E-state index in [2.05, 4.69) is 24.4 Å². The van der Waals surface area contributed by atoms with Crippen LogP contribution in [0, 0.1) is 18.1 Å². The molecule has 2 rings (SSSR count). The van der Waals surface area contributed by atoms with E-state index in [9.17, 15) is 17.2 Å². The van der Waals surface area contributed by atoms with Crippen LogP contribution in [0.5, 0.6) is 0 Å². The molecule has 2 aromatic rings. The summed E-state index contributed by atoms with van der Waals surface area (Å²) in [4.78, 5) is 0. The van der Waals surface area contributed by atoms with Gasteiger partial charge >= 0.3 is 0 Å². The van der Waals surface area contributed by atoms with Gasteiger partial charge in [0.15, 0.2) is 9.84 Å². The van der Waals surface area contributed by atoms with Gasteiger partial charge in [0.05, 0.1) is 5.75 Å². The Hall–Kier alpha value is -1.83. The van der Waals surface area contributed by atoms with Gasteiger partial charge in [-0.15, -0.1) is 0 Å². The van der Waals surface area contributed by atoms with Gasteiger partial charge in [-0.1, -0.05) is 44.5 Å². The van der Waals surface area contributed by atoms with Crippen LogP contribution < -0.4 is 11.1 Å². The lowest BCUT2D eigenvalue weighted by Crippen LogP contribution is -2.38. The summed E-state index contributed by atoms with van der Waals surface area (Å²) in [6.07, 6.45) is 3.77. The molecule has 0 bridgehead atoms. The first kappa shape index (κ1) is 24.4. The first-order valence-electron chi connectivity index (χ1n) is 10.3. The first-order chi connectivity index (χ1) is 14.3. The normalized spacial score (nSPS) is 13.9. The topological polar surface area (TPSA) is 72.2 Å². The van der Waals surface area contributed by atoms with Crippen LogP contribution in [0.25, 0.3) is 0 Å². The van der Waals surface area contributed by atoms with E-state index in [-0.39, 0.29) is 11.3 Å². The van der Waals surface area contributed by atoms with Gasteiger partial charge in [-0.3, -0.25) is 0 Å². The Bertz CT molecular complexity index is 899. The van der Waals surface area contributed by atoms with Crippen molar-refractivity contribution >= 4 is 9.84 Å². The van der Waals surface area contributed by atoms with Crippen LogP contribution in [0.15, 0.2) is 42.5 Å². The fraction of sp³-hybridized carbons (Fsp3) is 0.435. The zero-order chi connectivity index (χ0) is 22.1. The van der Waals surface area contributed by atoms with Gasteiger partial charge in [-0.05, 0) is 48.1 Å². The Labute approximate surface area is 178 Å². The third kappa shape index (κ3) is 7.15. The molecule has 2 aromatic carbocycles. The SMILES string of the molecule is CCCCS(=O)(=O)C(c1cc(F)cc(F)c1)C(N)[CH]CNCc1cccc(CC)c1. The molecule has 0 fully saturated rings. The second kappa shape index (κ2) is 11.5. The molecule has 0 saturated carbocycles. The minimum atomic E-state index is -3.69. The number of benzene rings is 2. The highest BCUT2D eigenvalue weighted by Crippen LogP contribution is 2.29. The minimum absolute atomic E-state index is 0.0444. The van der Waals surface area contributed by atoms with Crippen molar-refractivity contribution in [2.75, 3.05) is 12.3 Å². The number of nitrogens with two attached hydrogens (primary N) is 1. The van der Waals surface area contributed by atoms with Gasteiger partial charge in [-0.25, -0.2) is 17.2 Å².